The van der Waals surface area contributed by atoms with Crippen LogP contribution < -0.4 is 10.2 Å². The van der Waals surface area contributed by atoms with Gasteiger partial charge in [-0.2, -0.15) is 0 Å². The smallest absolute Gasteiger partial charge is 0.125 e. The van der Waals surface area contributed by atoms with Gasteiger partial charge < -0.3 is 10.2 Å². The summed E-state index contributed by atoms with van der Waals surface area (Å²) in [6, 6.07) is 6.49. The molecule has 19 heavy (non-hydrogen) atoms. The molecule has 0 bridgehead atoms. The van der Waals surface area contributed by atoms with Crippen molar-refractivity contribution in [1.82, 2.24) is 5.32 Å². The first kappa shape index (κ1) is 12.9. The number of fused-ring (bicyclic) bond motifs is 1. The number of nitrogens with zero attached hydrogens (tertiary/aromatic N) is 1. The van der Waals surface area contributed by atoms with Gasteiger partial charge in [-0.3, -0.25) is 0 Å². The highest BCUT2D eigenvalue weighted by molar-refractivity contribution is 5.59. The lowest BCUT2D eigenvalue weighted by Gasteiger charge is -2.30. The molecule has 0 radical (unpaired) electrons. The predicted molar refractivity (Wildman–Crippen MR) is 77.2 cm³/mol. The molecule has 104 valence electrons. The highest BCUT2D eigenvalue weighted by Gasteiger charge is 2.28. The SMILES string of the molecule is CCCC(CNC1CC1)N1CCc2ccc(F)cc21. The first-order valence-electron chi connectivity index (χ1n) is 7.56. The molecule has 2 aliphatic rings. The molecule has 0 spiro atoms. The van der Waals surface area contributed by atoms with E-state index in [1.165, 1.54) is 31.2 Å². The molecule has 1 heterocycles. The minimum atomic E-state index is -0.115. The average Bonchev–Trinajstić information content (AvgIpc) is 3.14. The molecule has 1 aliphatic carbocycles. The molecule has 1 fully saturated rings. The largest absolute Gasteiger partial charge is 0.367 e. The lowest BCUT2D eigenvalue weighted by molar-refractivity contribution is 0.504. The van der Waals surface area contributed by atoms with E-state index >= 15 is 0 Å². The minimum absolute atomic E-state index is 0.115. The maximum Gasteiger partial charge on any atom is 0.125 e. The third-order valence-electron chi connectivity index (χ3n) is 4.26. The van der Waals surface area contributed by atoms with E-state index in [4.69, 9.17) is 0 Å². The number of rotatable bonds is 6. The van der Waals surface area contributed by atoms with Crippen molar-refractivity contribution in [3.63, 3.8) is 0 Å². The average molecular weight is 262 g/mol. The third kappa shape index (κ3) is 2.92. The Kier molecular flexibility index (Phi) is 3.74. The van der Waals surface area contributed by atoms with E-state index in [-0.39, 0.29) is 5.82 Å². The van der Waals surface area contributed by atoms with Gasteiger partial charge in [0.1, 0.15) is 5.82 Å². The van der Waals surface area contributed by atoms with Crippen molar-refractivity contribution in [3.8, 4) is 0 Å². The molecule has 1 saturated carbocycles. The predicted octanol–water partition coefficient (Wildman–Crippen LogP) is 3.11. The Balaban J connectivity index is 1.73. The Morgan fingerprint density at radius 3 is 3.00 bits per heavy atom. The molecule has 0 aromatic heterocycles. The van der Waals surface area contributed by atoms with E-state index in [1.807, 2.05) is 6.07 Å². The molecule has 1 aromatic rings. The van der Waals surface area contributed by atoms with Gasteiger partial charge in [-0.15, -0.1) is 0 Å². The van der Waals surface area contributed by atoms with E-state index in [2.05, 4.69) is 17.1 Å². The van der Waals surface area contributed by atoms with Crippen LogP contribution >= 0.6 is 0 Å². The van der Waals surface area contributed by atoms with E-state index in [1.54, 1.807) is 12.1 Å². The lowest BCUT2D eigenvalue weighted by Crippen LogP contribution is -2.42. The fraction of sp³-hybridized carbons (Fsp3) is 0.625. The standard InChI is InChI=1S/C16H23FN2/c1-2-3-15(11-18-14-6-7-14)19-9-8-12-4-5-13(17)10-16(12)19/h4-5,10,14-15,18H,2-3,6-9,11H2,1H3. The van der Waals surface area contributed by atoms with E-state index in [0.29, 0.717) is 6.04 Å². The molecule has 2 nitrogen and oxygen atoms in total. The van der Waals surface area contributed by atoms with Gasteiger partial charge in [0.05, 0.1) is 0 Å². The van der Waals surface area contributed by atoms with Gasteiger partial charge in [0.15, 0.2) is 0 Å². The zero-order chi connectivity index (χ0) is 13.2. The van der Waals surface area contributed by atoms with Gasteiger partial charge in [-0.05, 0) is 43.4 Å². The summed E-state index contributed by atoms with van der Waals surface area (Å²) in [5.41, 5.74) is 2.42. The van der Waals surface area contributed by atoms with Crippen molar-refractivity contribution in [2.45, 2.75) is 51.1 Å². The molecule has 3 heteroatoms. The van der Waals surface area contributed by atoms with Crippen LogP contribution in [0.2, 0.25) is 0 Å². The maximum absolute atomic E-state index is 13.5. The molecule has 0 saturated heterocycles. The second-order valence-corrected chi connectivity index (χ2v) is 5.84. The van der Waals surface area contributed by atoms with E-state index in [0.717, 1.165) is 31.2 Å². The van der Waals surface area contributed by atoms with Gasteiger partial charge >= 0.3 is 0 Å². The van der Waals surface area contributed by atoms with Crippen LogP contribution in [0.15, 0.2) is 18.2 Å². The summed E-state index contributed by atoms with van der Waals surface area (Å²) in [7, 11) is 0. The van der Waals surface area contributed by atoms with Crippen LogP contribution in [-0.2, 0) is 6.42 Å². The number of anilines is 1. The van der Waals surface area contributed by atoms with E-state index < -0.39 is 0 Å². The number of benzene rings is 1. The Hall–Kier alpha value is -1.09. The van der Waals surface area contributed by atoms with Crippen LogP contribution in [0.4, 0.5) is 10.1 Å². The quantitative estimate of drug-likeness (QED) is 0.847. The number of nitrogens with one attached hydrogen (secondary N) is 1. The van der Waals surface area contributed by atoms with Crippen molar-refractivity contribution in [2.75, 3.05) is 18.0 Å². The highest BCUT2D eigenvalue weighted by atomic mass is 19.1. The zero-order valence-electron chi connectivity index (χ0n) is 11.7. The Bertz CT molecular complexity index is 442. The van der Waals surface area contributed by atoms with Crippen LogP contribution in [0.1, 0.15) is 38.2 Å². The summed E-state index contributed by atoms with van der Waals surface area (Å²) < 4.78 is 13.5. The second-order valence-electron chi connectivity index (χ2n) is 5.84. The minimum Gasteiger partial charge on any atom is -0.367 e. The maximum atomic E-state index is 13.5. The number of hydrogen-bond acceptors (Lipinski definition) is 2. The molecular formula is C16H23FN2. The molecule has 0 amide bonds. The zero-order valence-corrected chi connectivity index (χ0v) is 11.7. The molecule has 3 rings (SSSR count). The van der Waals surface area contributed by atoms with Gasteiger partial charge in [0.25, 0.3) is 0 Å². The van der Waals surface area contributed by atoms with Gasteiger partial charge in [0.2, 0.25) is 0 Å². The summed E-state index contributed by atoms with van der Waals surface area (Å²) >= 11 is 0. The number of hydrogen-bond donors (Lipinski definition) is 1. The summed E-state index contributed by atoms with van der Waals surface area (Å²) in [6.07, 6.45) is 6.06. The van der Waals surface area contributed by atoms with Crippen LogP contribution in [0, 0.1) is 5.82 Å². The Morgan fingerprint density at radius 2 is 2.26 bits per heavy atom. The molecular weight excluding hydrogens is 239 g/mol. The second kappa shape index (κ2) is 5.49. The summed E-state index contributed by atoms with van der Waals surface area (Å²) in [4.78, 5) is 2.41. The highest BCUT2D eigenvalue weighted by Crippen LogP contribution is 2.31. The van der Waals surface area contributed by atoms with Crippen molar-refractivity contribution >= 4 is 5.69 Å². The lowest BCUT2D eigenvalue weighted by atomic mass is 10.1. The van der Waals surface area contributed by atoms with Crippen molar-refractivity contribution in [3.05, 3.63) is 29.6 Å². The fourth-order valence-electron chi connectivity index (χ4n) is 3.05. The number of halogens is 1. The summed E-state index contributed by atoms with van der Waals surface area (Å²) in [6.45, 7) is 4.30. The van der Waals surface area contributed by atoms with Crippen LogP contribution in [0.5, 0.6) is 0 Å². The molecule has 1 aliphatic heterocycles. The molecule has 1 aromatic carbocycles. The van der Waals surface area contributed by atoms with E-state index in [9.17, 15) is 4.39 Å². The summed E-state index contributed by atoms with van der Waals surface area (Å²) in [5.74, 6) is -0.115. The van der Waals surface area contributed by atoms with Gasteiger partial charge in [-0.1, -0.05) is 19.4 Å². The summed E-state index contributed by atoms with van der Waals surface area (Å²) in [5, 5.41) is 3.63. The molecule has 1 N–H and O–H groups in total. The van der Waals surface area contributed by atoms with Crippen molar-refractivity contribution < 1.29 is 4.39 Å². The van der Waals surface area contributed by atoms with Gasteiger partial charge in [-0.25, -0.2) is 4.39 Å². The van der Waals surface area contributed by atoms with Gasteiger partial charge in [0, 0.05) is 30.9 Å². The molecule has 1 unspecified atom stereocenters. The first-order valence-corrected chi connectivity index (χ1v) is 7.56. The normalized spacial score (nSPS) is 19.6. The van der Waals surface area contributed by atoms with Crippen LogP contribution in [0.3, 0.4) is 0 Å². The Labute approximate surface area is 115 Å². The first-order chi connectivity index (χ1) is 9.28. The molecule has 1 atom stereocenters. The van der Waals surface area contributed by atoms with Crippen LogP contribution in [-0.4, -0.2) is 25.2 Å². The monoisotopic (exact) mass is 262 g/mol. The third-order valence-corrected chi connectivity index (χ3v) is 4.26. The Morgan fingerprint density at radius 1 is 1.42 bits per heavy atom. The van der Waals surface area contributed by atoms with Crippen LogP contribution in [0.25, 0.3) is 0 Å². The fourth-order valence-corrected chi connectivity index (χ4v) is 3.05. The topological polar surface area (TPSA) is 15.3 Å². The van der Waals surface area contributed by atoms with Crippen molar-refractivity contribution in [2.24, 2.45) is 0 Å². The van der Waals surface area contributed by atoms with Crippen molar-refractivity contribution in [1.29, 1.82) is 0 Å².